The van der Waals surface area contributed by atoms with Crippen molar-refractivity contribution < 1.29 is 24.1 Å². The number of ether oxygens (including phenoxy) is 4. The van der Waals surface area contributed by atoms with Crippen LogP contribution in [0.15, 0.2) is 115 Å². The van der Waals surface area contributed by atoms with Gasteiger partial charge in [0.1, 0.15) is 48.9 Å². The van der Waals surface area contributed by atoms with E-state index in [1.165, 1.54) is 0 Å². The smallest absolute Gasteiger partial charge is 0.133 e. The van der Waals surface area contributed by atoms with Gasteiger partial charge >= 0.3 is 0 Å². The first-order valence-electron chi connectivity index (χ1n) is 14.7. The lowest BCUT2D eigenvalue weighted by Gasteiger charge is -2.32. The Morgan fingerprint density at radius 2 is 1.19 bits per heavy atom. The number of hydrogen-bond donors (Lipinski definition) is 1. The molecule has 0 bridgehead atoms. The summed E-state index contributed by atoms with van der Waals surface area (Å²) in [7, 11) is 0. The summed E-state index contributed by atoms with van der Waals surface area (Å²) in [5, 5.41) is 11.5. The van der Waals surface area contributed by atoms with E-state index in [1.807, 2.05) is 97.1 Å². The highest BCUT2D eigenvalue weighted by atomic mass is 16.5. The van der Waals surface area contributed by atoms with Gasteiger partial charge in [-0.2, -0.15) is 0 Å². The maximum Gasteiger partial charge on any atom is 0.133 e. The average Bonchev–Trinajstić information content (AvgIpc) is 3.04. The second-order valence-corrected chi connectivity index (χ2v) is 11.0. The standard InChI is InChI=1S/C38H36O5/c1-26-18-31(19-34(27(26)2)41-24-29-14-8-4-9-15-29)35-22-33(39)38-36(42-25-30-16-10-5-11-17-30)20-32(21-37(38)43-35)40-23-28-12-6-3-7-13-28/h3-21,33,35,39H,22-25H2,1-2H3/t33?,35-/m0/s1. The van der Waals surface area contributed by atoms with Crippen molar-refractivity contribution in [3.63, 3.8) is 0 Å². The number of aliphatic hydroxyl groups is 1. The van der Waals surface area contributed by atoms with Crippen LogP contribution >= 0.6 is 0 Å². The number of benzene rings is 5. The van der Waals surface area contributed by atoms with Gasteiger partial charge in [-0.25, -0.2) is 0 Å². The van der Waals surface area contributed by atoms with E-state index in [4.69, 9.17) is 18.9 Å². The van der Waals surface area contributed by atoms with E-state index >= 15 is 0 Å². The van der Waals surface area contributed by atoms with Crippen molar-refractivity contribution in [2.75, 3.05) is 0 Å². The quantitative estimate of drug-likeness (QED) is 0.182. The van der Waals surface area contributed by atoms with E-state index in [0.717, 1.165) is 39.1 Å². The van der Waals surface area contributed by atoms with Crippen molar-refractivity contribution in [2.24, 2.45) is 0 Å². The second-order valence-electron chi connectivity index (χ2n) is 11.0. The fourth-order valence-corrected chi connectivity index (χ4v) is 5.33. The molecular formula is C38H36O5. The van der Waals surface area contributed by atoms with Gasteiger partial charge in [0, 0.05) is 18.6 Å². The van der Waals surface area contributed by atoms with Crippen LogP contribution in [0.1, 0.15) is 57.6 Å². The van der Waals surface area contributed by atoms with Crippen LogP contribution < -0.4 is 18.9 Å². The van der Waals surface area contributed by atoms with Gasteiger partial charge in [-0.3, -0.25) is 0 Å². The van der Waals surface area contributed by atoms with Crippen molar-refractivity contribution in [1.82, 2.24) is 0 Å². The Hall–Kier alpha value is -4.74. The topological polar surface area (TPSA) is 57.2 Å². The maximum absolute atomic E-state index is 11.5. The third kappa shape index (κ3) is 6.85. The first kappa shape index (κ1) is 28.4. The molecular weight excluding hydrogens is 536 g/mol. The predicted molar refractivity (Wildman–Crippen MR) is 168 cm³/mol. The minimum Gasteiger partial charge on any atom is -0.489 e. The molecule has 218 valence electrons. The number of aryl methyl sites for hydroxylation is 1. The zero-order valence-electron chi connectivity index (χ0n) is 24.5. The van der Waals surface area contributed by atoms with Crippen LogP contribution in [0.3, 0.4) is 0 Å². The number of fused-ring (bicyclic) bond motifs is 1. The molecule has 0 radical (unpaired) electrons. The average molecular weight is 573 g/mol. The summed E-state index contributed by atoms with van der Waals surface area (Å²) in [5.41, 5.74) is 7.00. The Morgan fingerprint density at radius 1 is 0.651 bits per heavy atom. The van der Waals surface area contributed by atoms with E-state index in [1.54, 1.807) is 0 Å². The summed E-state index contributed by atoms with van der Waals surface area (Å²) in [4.78, 5) is 0. The van der Waals surface area contributed by atoms with Gasteiger partial charge < -0.3 is 24.1 Å². The van der Waals surface area contributed by atoms with Crippen molar-refractivity contribution in [3.05, 3.63) is 154 Å². The summed E-state index contributed by atoms with van der Waals surface area (Å²) in [6.07, 6.45) is -0.760. The van der Waals surface area contributed by atoms with Crippen LogP contribution in [0.2, 0.25) is 0 Å². The molecule has 0 saturated carbocycles. The molecule has 0 fully saturated rings. The third-order valence-corrected chi connectivity index (χ3v) is 7.85. The molecule has 5 aromatic carbocycles. The highest BCUT2D eigenvalue weighted by Crippen LogP contribution is 2.48. The Kier molecular flexibility index (Phi) is 8.62. The van der Waals surface area contributed by atoms with Crippen LogP contribution in [-0.2, 0) is 19.8 Å². The molecule has 43 heavy (non-hydrogen) atoms. The Morgan fingerprint density at radius 3 is 1.77 bits per heavy atom. The van der Waals surface area contributed by atoms with Crippen LogP contribution in [-0.4, -0.2) is 5.11 Å². The minimum absolute atomic E-state index is 0.366. The molecule has 5 nitrogen and oxygen atoms in total. The van der Waals surface area contributed by atoms with Crippen molar-refractivity contribution in [1.29, 1.82) is 0 Å². The Balaban J connectivity index is 1.28. The molecule has 5 heteroatoms. The van der Waals surface area contributed by atoms with E-state index in [9.17, 15) is 5.11 Å². The van der Waals surface area contributed by atoms with E-state index in [2.05, 4.69) is 32.0 Å². The lowest BCUT2D eigenvalue weighted by atomic mass is 9.92. The highest BCUT2D eigenvalue weighted by molar-refractivity contribution is 5.54. The molecule has 1 aliphatic rings. The summed E-state index contributed by atoms with van der Waals surface area (Å²) < 4.78 is 25.3. The van der Waals surface area contributed by atoms with Gasteiger partial charge in [0.2, 0.25) is 0 Å². The number of hydrogen-bond acceptors (Lipinski definition) is 5. The van der Waals surface area contributed by atoms with Crippen LogP contribution in [0.4, 0.5) is 0 Å². The Bertz CT molecular complexity index is 1650. The second kappa shape index (κ2) is 13.1. The molecule has 1 unspecified atom stereocenters. The Labute approximate surface area is 253 Å². The third-order valence-electron chi connectivity index (χ3n) is 7.85. The van der Waals surface area contributed by atoms with Crippen molar-refractivity contribution >= 4 is 0 Å². The summed E-state index contributed by atoms with van der Waals surface area (Å²) in [5.74, 6) is 2.55. The van der Waals surface area contributed by atoms with Gasteiger partial charge in [0.05, 0.1) is 11.7 Å². The molecule has 1 heterocycles. The molecule has 0 saturated heterocycles. The van der Waals surface area contributed by atoms with Crippen LogP contribution in [0.5, 0.6) is 23.0 Å². The molecule has 1 N–H and O–H groups in total. The highest BCUT2D eigenvalue weighted by Gasteiger charge is 2.32. The number of aliphatic hydroxyl groups excluding tert-OH is 1. The van der Waals surface area contributed by atoms with Gasteiger partial charge in [0.15, 0.2) is 0 Å². The van der Waals surface area contributed by atoms with Crippen molar-refractivity contribution in [3.8, 4) is 23.0 Å². The molecule has 0 aromatic heterocycles. The number of rotatable bonds is 10. The molecule has 0 spiro atoms. The summed E-state index contributed by atoms with van der Waals surface area (Å²) in [6.45, 7) is 5.39. The van der Waals surface area contributed by atoms with Gasteiger partial charge in [-0.1, -0.05) is 97.1 Å². The van der Waals surface area contributed by atoms with Gasteiger partial charge in [-0.15, -0.1) is 0 Å². The molecule has 1 aliphatic heterocycles. The van der Waals surface area contributed by atoms with E-state index in [0.29, 0.717) is 49.1 Å². The monoisotopic (exact) mass is 572 g/mol. The minimum atomic E-state index is -0.780. The molecule has 5 aromatic rings. The first-order chi connectivity index (χ1) is 21.0. The molecule has 2 atom stereocenters. The zero-order chi connectivity index (χ0) is 29.6. The summed E-state index contributed by atoms with van der Waals surface area (Å²) >= 11 is 0. The molecule has 6 rings (SSSR count). The lowest BCUT2D eigenvalue weighted by Crippen LogP contribution is -2.20. The van der Waals surface area contributed by atoms with Crippen molar-refractivity contribution in [2.45, 2.75) is 52.3 Å². The maximum atomic E-state index is 11.5. The predicted octanol–water partition coefficient (Wildman–Crippen LogP) is 8.60. The largest absolute Gasteiger partial charge is 0.489 e. The summed E-state index contributed by atoms with van der Waals surface area (Å²) in [6, 6.07) is 38.0. The lowest BCUT2D eigenvalue weighted by molar-refractivity contribution is 0.0616. The fraction of sp³-hybridized carbons (Fsp3) is 0.211. The van der Waals surface area contributed by atoms with E-state index in [-0.39, 0.29) is 6.10 Å². The van der Waals surface area contributed by atoms with Gasteiger partial charge in [-0.05, 0) is 53.3 Å². The first-order valence-corrected chi connectivity index (χ1v) is 14.7. The zero-order valence-corrected chi connectivity index (χ0v) is 24.5. The molecule has 0 aliphatic carbocycles. The van der Waals surface area contributed by atoms with Crippen LogP contribution in [0.25, 0.3) is 0 Å². The normalized spacial score (nSPS) is 15.7. The van der Waals surface area contributed by atoms with Crippen LogP contribution in [0, 0.1) is 13.8 Å². The van der Waals surface area contributed by atoms with E-state index < -0.39 is 6.10 Å². The SMILES string of the molecule is Cc1cc([C@@H]2CC(O)c3c(OCc4ccccc4)cc(OCc4ccccc4)cc3O2)cc(OCc2ccccc2)c1C. The fourth-order valence-electron chi connectivity index (χ4n) is 5.33. The van der Waals surface area contributed by atoms with Gasteiger partial charge in [0.25, 0.3) is 0 Å². The molecule has 0 amide bonds.